The van der Waals surface area contributed by atoms with Gasteiger partial charge in [0, 0.05) is 17.8 Å². The smallest absolute Gasteiger partial charge is 0.311 e. The number of benzene rings is 1. The van der Waals surface area contributed by atoms with E-state index in [9.17, 15) is 10.1 Å². The molecule has 5 heteroatoms. The third kappa shape index (κ3) is 4.18. The van der Waals surface area contributed by atoms with Crippen LogP contribution in [0.25, 0.3) is 0 Å². The van der Waals surface area contributed by atoms with E-state index in [1.54, 1.807) is 19.1 Å². The molecular weight excluding hydrogens is 244 g/mol. The summed E-state index contributed by atoms with van der Waals surface area (Å²) in [5.41, 5.74) is 0.686. The molecule has 0 aliphatic heterocycles. The fourth-order valence-electron chi connectivity index (χ4n) is 1.71. The molecule has 1 unspecified atom stereocenters. The van der Waals surface area contributed by atoms with Crippen LogP contribution < -0.4 is 10.1 Å². The summed E-state index contributed by atoms with van der Waals surface area (Å²) in [5.74, 6) is 2.91. The fraction of sp³-hybridized carbons (Fsp3) is 0.429. The van der Waals surface area contributed by atoms with Crippen molar-refractivity contribution in [3.8, 4) is 18.1 Å². The van der Waals surface area contributed by atoms with Crippen LogP contribution >= 0.6 is 0 Å². The summed E-state index contributed by atoms with van der Waals surface area (Å²) in [6, 6.07) is 4.59. The molecule has 0 radical (unpaired) electrons. The molecule has 0 fully saturated rings. The van der Waals surface area contributed by atoms with E-state index in [2.05, 4.69) is 11.2 Å². The van der Waals surface area contributed by atoms with Crippen LogP contribution in [0.15, 0.2) is 18.2 Å². The average Bonchev–Trinajstić information content (AvgIpc) is 2.38. The van der Waals surface area contributed by atoms with Crippen molar-refractivity contribution in [2.75, 3.05) is 11.9 Å². The molecule has 1 aromatic carbocycles. The van der Waals surface area contributed by atoms with Gasteiger partial charge in [0.1, 0.15) is 0 Å². The van der Waals surface area contributed by atoms with Crippen molar-refractivity contribution in [3.63, 3.8) is 0 Å². The third-order valence-electron chi connectivity index (χ3n) is 2.58. The molecule has 0 aliphatic rings. The Balaban J connectivity index is 2.95. The van der Waals surface area contributed by atoms with Gasteiger partial charge in [0.15, 0.2) is 5.75 Å². The van der Waals surface area contributed by atoms with E-state index in [1.165, 1.54) is 6.07 Å². The number of nitro benzene ring substituents is 1. The largest absolute Gasteiger partial charge is 0.487 e. The number of terminal acetylenes is 1. The van der Waals surface area contributed by atoms with Gasteiger partial charge in [0.25, 0.3) is 0 Å². The first-order valence-electron chi connectivity index (χ1n) is 6.26. The van der Waals surface area contributed by atoms with Crippen molar-refractivity contribution < 1.29 is 9.66 Å². The highest BCUT2D eigenvalue weighted by Crippen LogP contribution is 2.30. The molecular formula is C14H18N2O3. The predicted molar refractivity (Wildman–Crippen MR) is 75.4 cm³/mol. The second-order valence-electron chi connectivity index (χ2n) is 4.02. The molecule has 0 saturated carbocycles. The van der Waals surface area contributed by atoms with Crippen LogP contribution in [-0.2, 0) is 0 Å². The van der Waals surface area contributed by atoms with Crippen molar-refractivity contribution in [1.29, 1.82) is 0 Å². The highest BCUT2D eigenvalue weighted by molar-refractivity contribution is 5.58. The molecule has 0 saturated heterocycles. The number of anilines is 1. The van der Waals surface area contributed by atoms with Gasteiger partial charge in [0.2, 0.25) is 0 Å². The monoisotopic (exact) mass is 262 g/mol. The number of nitrogens with zero attached hydrogens (tertiary/aromatic N) is 1. The Morgan fingerprint density at radius 1 is 1.53 bits per heavy atom. The van der Waals surface area contributed by atoms with E-state index in [-0.39, 0.29) is 17.5 Å². The van der Waals surface area contributed by atoms with Crippen molar-refractivity contribution in [2.45, 2.75) is 32.7 Å². The molecule has 0 aliphatic carbocycles. The Morgan fingerprint density at radius 3 is 2.79 bits per heavy atom. The number of nitro groups is 1. The van der Waals surface area contributed by atoms with E-state index in [0.717, 1.165) is 18.5 Å². The summed E-state index contributed by atoms with van der Waals surface area (Å²) in [4.78, 5) is 10.4. The molecule has 0 amide bonds. The third-order valence-corrected chi connectivity index (χ3v) is 2.58. The topological polar surface area (TPSA) is 64.4 Å². The lowest BCUT2D eigenvalue weighted by Crippen LogP contribution is -2.16. The van der Waals surface area contributed by atoms with Crippen LogP contribution in [0, 0.1) is 22.5 Å². The first-order valence-corrected chi connectivity index (χ1v) is 6.26. The van der Waals surface area contributed by atoms with Crippen LogP contribution in [0.5, 0.6) is 5.75 Å². The number of ether oxygens (including phenoxy) is 1. The lowest BCUT2D eigenvalue weighted by atomic mass is 10.1. The quantitative estimate of drug-likeness (QED) is 0.465. The van der Waals surface area contributed by atoms with Gasteiger partial charge in [-0.15, -0.1) is 6.42 Å². The average molecular weight is 262 g/mol. The van der Waals surface area contributed by atoms with Crippen molar-refractivity contribution in [3.05, 3.63) is 28.3 Å². The lowest BCUT2D eigenvalue weighted by Gasteiger charge is -2.14. The molecule has 0 aromatic heterocycles. The van der Waals surface area contributed by atoms with Gasteiger partial charge < -0.3 is 10.1 Å². The normalized spacial score (nSPS) is 11.4. The van der Waals surface area contributed by atoms with Gasteiger partial charge in [-0.05, 0) is 19.4 Å². The zero-order chi connectivity index (χ0) is 14.3. The summed E-state index contributed by atoms with van der Waals surface area (Å²) >= 11 is 0. The minimum Gasteiger partial charge on any atom is -0.487 e. The van der Waals surface area contributed by atoms with Crippen molar-refractivity contribution in [1.82, 2.24) is 0 Å². The Labute approximate surface area is 113 Å². The first kappa shape index (κ1) is 14.8. The molecule has 19 heavy (non-hydrogen) atoms. The van der Waals surface area contributed by atoms with Crippen LogP contribution in [0.1, 0.15) is 26.7 Å². The van der Waals surface area contributed by atoms with E-state index < -0.39 is 4.92 Å². The van der Waals surface area contributed by atoms with Gasteiger partial charge >= 0.3 is 5.69 Å². The van der Waals surface area contributed by atoms with E-state index in [1.807, 2.05) is 6.92 Å². The molecule has 0 bridgehead atoms. The molecule has 1 atom stereocenters. The van der Waals surface area contributed by atoms with Gasteiger partial charge in [-0.1, -0.05) is 19.3 Å². The van der Waals surface area contributed by atoms with Gasteiger partial charge in [-0.2, -0.15) is 0 Å². The zero-order valence-electron chi connectivity index (χ0n) is 11.2. The highest BCUT2D eigenvalue weighted by Gasteiger charge is 2.16. The van der Waals surface area contributed by atoms with Gasteiger partial charge in [0.05, 0.1) is 17.6 Å². The highest BCUT2D eigenvalue weighted by atomic mass is 16.6. The Hall–Kier alpha value is -2.22. The molecule has 5 nitrogen and oxygen atoms in total. The van der Waals surface area contributed by atoms with Crippen molar-refractivity contribution in [2.24, 2.45) is 0 Å². The first-order chi connectivity index (χ1) is 9.12. The summed E-state index contributed by atoms with van der Waals surface area (Å²) in [5, 5.41) is 14.0. The zero-order valence-corrected chi connectivity index (χ0v) is 11.2. The van der Waals surface area contributed by atoms with Crippen LogP contribution in [0.2, 0.25) is 0 Å². The summed E-state index contributed by atoms with van der Waals surface area (Å²) in [7, 11) is 0. The molecule has 102 valence electrons. The van der Waals surface area contributed by atoms with Crippen LogP contribution in [0.4, 0.5) is 11.4 Å². The molecule has 1 N–H and O–H groups in total. The summed E-state index contributed by atoms with van der Waals surface area (Å²) < 4.78 is 5.28. The van der Waals surface area contributed by atoms with Gasteiger partial charge in [-0.25, -0.2) is 0 Å². The maximum absolute atomic E-state index is 10.9. The fourth-order valence-corrected chi connectivity index (χ4v) is 1.71. The lowest BCUT2D eigenvalue weighted by molar-refractivity contribution is -0.385. The summed E-state index contributed by atoms with van der Waals surface area (Å²) in [6.45, 7) is 4.20. The van der Waals surface area contributed by atoms with E-state index in [0.29, 0.717) is 6.61 Å². The standard InChI is InChI=1S/C14H18N2O3/c1-4-7-11(5-2)15-12-8-9-13(16(17)18)14(10-12)19-6-3/h2,8-11,15H,4,6-7H2,1,3H3. The Morgan fingerprint density at radius 2 is 2.26 bits per heavy atom. The Bertz CT molecular complexity index is 480. The van der Waals surface area contributed by atoms with Crippen LogP contribution in [0.3, 0.4) is 0 Å². The second-order valence-corrected chi connectivity index (χ2v) is 4.02. The molecule has 0 spiro atoms. The Kier molecular flexibility index (Phi) is 5.68. The minimum absolute atomic E-state index is 0.0415. The van der Waals surface area contributed by atoms with E-state index >= 15 is 0 Å². The molecule has 0 heterocycles. The van der Waals surface area contributed by atoms with Gasteiger partial charge in [-0.3, -0.25) is 10.1 Å². The maximum Gasteiger partial charge on any atom is 0.311 e. The minimum atomic E-state index is -0.459. The molecule has 1 aromatic rings. The predicted octanol–water partition coefficient (Wildman–Crippen LogP) is 3.21. The molecule has 1 rings (SSSR count). The number of rotatable bonds is 7. The second kappa shape index (κ2) is 7.27. The number of hydrogen-bond acceptors (Lipinski definition) is 4. The summed E-state index contributed by atoms with van der Waals surface area (Å²) in [6.07, 6.45) is 7.24. The SMILES string of the molecule is C#CC(CCC)Nc1ccc([N+](=O)[O-])c(OCC)c1. The number of nitrogens with one attached hydrogen (secondary N) is 1. The van der Waals surface area contributed by atoms with Crippen molar-refractivity contribution >= 4 is 11.4 Å². The maximum atomic E-state index is 10.9. The van der Waals surface area contributed by atoms with Crippen LogP contribution in [-0.4, -0.2) is 17.6 Å². The van der Waals surface area contributed by atoms with E-state index in [4.69, 9.17) is 11.2 Å². The number of hydrogen-bond donors (Lipinski definition) is 1.